The third kappa shape index (κ3) is 3.50. The second-order valence-corrected chi connectivity index (χ2v) is 6.28. The van der Waals surface area contributed by atoms with Crippen molar-refractivity contribution in [3.05, 3.63) is 29.7 Å². The summed E-state index contributed by atoms with van der Waals surface area (Å²) in [5, 5.41) is 10.4. The number of nitrogens with one attached hydrogen (secondary N) is 1. The molecule has 1 aromatic heterocycles. The van der Waals surface area contributed by atoms with Gasteiger partial charge in [0.15, 0.2) is 0 Å². The molecule has 0 unspecified atom stereocenters. The van der Waals surface area contributed by atoms with E-state index in [1.165, 1.54) is 17.0 Å². The highest BCUT2D eigenvalue weighted by atomic mass is 19.1. The fraction of sp³-hybridized carbons (Fsp3) is 0.438. The average Bonchev–Trinajstić information content (AvgIpc) is 2.83. The Labute approximate surface area is 128 Å². The molecule has 0 aliphatic heterocycles. The molecule has 1 amide bonds. The van der Waals surface area contributed by atoms with Crippen molar-refractivity contribution in [1.29, 1.82) is 0 Å². The number of amides is 1. The van der Waals surface area contributed by atoms with Gasteiger partial charge in [-0.2, -0.15) is 0 Å². The lowest BCUT2D eigenvalue weighted by atomic mass is 10.1. The molecular formula is C16H21FN2O3. The summed E-state index contributed by atoms with van der Waals surface area (Å²) >= 11 is 0. The normalized spacial score (nSPS) is 11.7. The van der Waals surface area contributed by atoms with Crippen LogP contribution in [0.15, 0.2) is 18.3 Å². The molecule has 0 saturated carbocycles. The van der Waals surface area contributed by atoms with Crippen LogP contribution in [0.1, 0.15) is 26.3 Å². The third-order valence-corrected chi connectivity index (χ3v) is 3.27. The van der Waals surface area contributed by atoms with Crippen LogP contribution in [-0.2, 0) is 11.2 Å². The van der Waals surface area contributed by atoms with E-state index in [4.69, 9.17) is 4.74 Å². The third-order valence-electron chi connectivity index (χ3n) is 3.27. The van der Waals surface area contributed by atoms with E-state index in [1.807, 2.05) is 0 Å². The zero-order valence-electron chi connectivity index (χ0n) is 13.2. The summed E-state index contributed by atoms with van der Waals surface area (Å²) in [6.07, 6.45) is 1.71. The molecule has 6 heteroatoms. The maximum Gasteiger partial charge on any atom is 0.410 e. The molecule has 5 nitrogen and oxygen atoms in total. The van der Waals surface area contributed by atoms with Crippen molar-refractivity contribution >= 4 is 17.0 Å². The SMILES string of the molecule is CN(CCc1c[nH]c2c(F)ccc(O)c12)C(=O)OC(C)(C)C. The average molecular weight is 308 g/mol. The number of aromatic nitrogens is 1. The van der Waals surface area contributed by atoms with Gasteiger partial charge in [0.2, 0.25) is 0 Å². The Bertz CT molecular complexity index is 688. The summed E-state index contributed by atoms with van der Waals surface area (Å²) in [6.45, 7) is 5.81. The molecule has 0 aliphatic rings. The van der Waals surface area contributed by atoms with Gasteiger partial charge in [-0.3, -0.25) is 0 Å². The number of fused-ring (bicyclic) bond motifs is 1. The predicted octanol–water partition coefficient (Wildman–Crippen LogP) is 3.42. The Morgan fingerprint density at radius 2 is 2.09 bits per heavy atom. The molecule has 0 aliphatic carbocycles. The van der Waals surface area contributed by atoms with E-state index in [1.54, 1.807) is 34.0 Å². The molecule has 22 heavy (non-hydrogen) atoms. The number of likely N-dealkylation sites (N-methyl/N-ethyl adjacent to an activating group) is 1. The van der Waals surface area contributed by atoms with E-state index in [0.717, 1.165) is 5.56 Å². The number of carbonyl (C=O) groups excluding carboxylic acids is 1. The standard InChI is InChI=1S/C16H21FN2O3/c1-16(2,3)22-15(21)19(4)8-7-10-9-18-14-11(17)5-6-12(20)13(10)14/h5-6,9,18,20H,7-8H2,1-4H3. The summed E-state index contributed by atoms with van der Waals surface area (Å²) in [4.78, 5) is 16.2. The van der Waals surface area contributed by atoms with E-state index < -0.39 is 17.5 Å². The smallest absolute Gasteiger partial charge is 0.410 e. The summed E-state index contributed by atoms with van der Waals surface area (Å²) in [5.74, 6) is -0.396. The lowest BCUT2D eigenvalue weighted by molar-refractivity contribution is 0.0301. The van der Waals surface area contributed by atoms with E-state index in [0.29, 0.717) is 18.4 Å². The van der Waals surface area contributed by atoms with Crippen molar-refractivity contribution in [3.63, 3.8) is 0 Å². The van der Waals surface area contributed by atoms with E-state index in [9.17, 15) is 14.3 Å². The number of phenolic OH excluding ortho intramolecular Hbond substituents is 1. The van der Waals surface area contributed by atoms with Gasteiger partial charge in [0.25, 0.3) is 0 Å². The van der Waals surface area contributed by atoms with Crippen LogP contribution < -0.4 is 0 Å². The monoisotopic (exact) mass is 308 g/mol. The number of hydrogen-bond acceptors (Lipinski definition) is 3. The molecule has 0 spiro atoms. The van der Waals surface area contributed by atoms with Crippen LogP contribution in [0.3, 0.4) is 0 Å². The van der Waals surface area contributed by atoms with Crippen LogP contribution >= 0.6 is 0 Å². The van der Waals surface area contributed by atoms with Gasteiger partial charge >= 0.3 is 6.09 Å². The molecule has 1 heterocycles. The fourth-order valence-electron chi connectivity index (χ4n) is 2.18. The predicted molar refractivity (Wildman–Crippen MR) is 82.5 cm³/mol. The number of H-pyrrole nitrogens is 1. The Kier molecular flexibility index (Phi) is 4.30. The highest BCUT2D eigenvalue weighted by Crippen LogP contribution is 2.30. The van der Waals surface area contributed by atoms with Crippen molar-refractivity contribution < 1.29 is 19.0 Å². The van der Waals surface area contributed by atoms with Crippen molar-refractivity contribution in [2.45, 2.75) is 32.8 Å². The number of halogens is 1. The van der Waals surface area contributed by atoms with Crippen LogP contribution in [-0.4, -0.2) is 40.3 Å². The molecular weight excluding hydrogens is 287 g/mol. The number of ether oxygens (including phenoxy) is 1. The number of rotatable bonds is 3. The molecule has 2 N–H and O–H groups in total. The first-order chi connectivity index (χ1) is 10.2. The Balaban J connectivity index is 2.09. The molecule has 0 radical (unpaired) electrons. The molecule has 2 rings (SSSR count). The number of nitrogens with zero attached hydrogens (tertiary/aromatic N) is 1. The number of phenols is 1. The zero-order valence-corrected chi connectivity index (χ0v) is 13.2. The second kappa shape index (κ2) is 5.87. The lowest BCUT2D eigenvalue weighted by Crippen LogP contribution is -2.35. The second-order valence-electron chi connectivity index (χ2n) is 6.28. The van der Waals surface area contributed by atoms with Gasteiger partial charge in [0, 0.05) is 25.2 Å². The van der Waals surface area contributed by atoms with Crippen LogP contribution in [0.4, 0.5) is 9.18 Å². The van der Waals surface area contributed by atoms with Crippen LogP contribution in [0, 0.1) is 5.82 Å². The first-order valence-corrected chi connectivity index (χ1v) is 7.10. The number of aromatic amines is 1. The van der Waals surface area contributed by atoms with E-state index in [2.05, 4.69) is 4.98 Å². The van der Waals surface area contributed by atoms with Crippen molar-refractivity contribution in [1.82, 2.24) is 9.88 Å². The topological polar surface area (TPSA) is 65.6 Å². The minimum atomic E-state index is -0.548. The van der Waals surface area contributed by atoms with E-state index >= 15 is 0 Å². The van der Waals surface area contributed by atoms with Gasteiger partial charge in [0.1, 0.15) is 17.2 Å². The maximum atomic E-state index is 13.7. The van der Waals surface area contributed by atoms with Crippen molar-refractivity contribution in [3.8, 4) is 5.75 Å². The molecule has 0 bridgehead atoms. The van der Waals surface area contributed by atoms with Gasteiger partial charge in [-0.25, -0.2) is 9.18 Å². The van der Waals surface area contributed by atoms with Gasteiger partial charge in [-0.15, -0.1) is 0 Å². The first-order valence-electron chi connectivity index (χ1n) is 7.10. The minimum Gasteiger partial charge on any atom is -0.507 e. The lowest BCUT2D eigenvalue weighted by Gasteiger charge is -2.24. The summed E-state index contributed by atoms with van der Waals surface area (Å²) < 4.78 is 18.9. The Hall–Kier alpha value is -2.24. The fourth-order valence-corrected chi connectivity index (χ4v) is 2.18. The Morgan fingerprint density at radius 1 is 1.41 bits per heavy atom. The van der Waals surface area contributed by atoms with Gasteiger partial charge in [0.05, 0.1) is 5.52 Å². The van der Waals surface area contributed by atoms with E-state index in [-0.39, 0.29) is 11.3 Å². The highest BCUT2D eigenvalue weighted by Gasteiger charge is 2.20. The van der Waals surface area contributed by atoms with Crippen molar-refractivity contribution in [2.24, 2.45) is 0 Å². The maximum absolute atomic E-state index is 13.7. The number of benzene rings is 1. The molecule has 120 valence electrons. The van der Waals surface area contributed by atoms with Crippen molar-refractivity contribution in [2.75, 3.05) is 13.6 Å². The van der Waals surface area contributed by atoms with Gasteiger partial charge in [-0.05, 0) is 44.9 Å². The van der Waals surface area contributed by atoms with Gasteiger partial charge in [-0.1, -0.05) is 0 Å². The summed E-state index contributed by atoms with van der Waals surface area (Å²) in [6, 6.07) is 2.54. The summed E-state index contributed by atoms with van der Waals surface area (Å²) in [5.41, 5.74) is 0.477. The number of hydrogen-bond donors (Lipinski definition) is 2. The molecule has 0 fully saturated rings. The van der Waals surface area contributed by atoms with Crippen LogP contribution in [0.2, 0.25) is 0 Å². The largest absolute Gasteiger partial charge is 0.507 e. The highest BCUT2D eigenvalue weighted by molar-refractivity contribution is 5.89. The quantitative estimate of drug-likeness (QED) is 0.913. The number of aromatic hydroxyl groups is 1. The molecule has 0 atom stereocenters. The number of carbonyl (C=O) groups is 1. The molecule has 0 saturated heterocycles. The summed E-state index contributed by atoms with van der Waals surface area (Å²) in [7, 11) is 1.64. The zero-order chi connectivity index (χ0) is 16.5. The van der Waals surface area contributed by atoms with Gasteiger partial charge < -0.3 is 19.7 Å². The van der Waals surface area contributed by atoms with Crippen LogP contribution in [0.25, 0.3) is 10.9 Å². The molecule has 1 aromatic carbocycles. The Morgan fingerprint density at radius 3 is 2.73 bits per heavy atom. The minimum absolute atomic E-state index is 0.0209. The first kappa shape index (κ1) is 16.1. The van der Waals surface area contributed by atoms with Crippen LogP contribution in [0.5, 0.6) is 5.75 Å². The molecule has 2 aromatic rings.